The fraction of sp³-hybridized carbons (Fsp3) is 0.545. The van der Waals surface area contributed by atoms with Crippen LogP contribution in [0.5, 0.6) is 0 Å². The van der Waals surface area contributed by atoms with Gasteiger partial charge in [0.25, 0.3) is 0 Å². The van der Waals surface area contributed by atoms with Crippen molar-refractivity contribution in [3.8, 4) is 9.88 Å². The third-order valence-corrected chi connectivity index (χ3v) is 4.41. The Morgan fingerprint density at radius 1 is 1.35 bits per heavy atom. The van der Waals surface area contributed by atoms with E-state index in [-0.39, 0.29) is 0 Å². The van der Waals surface area contributed by atoms with Gasteiger partial charge in [-0.3, -0.25) is 4.98 Å². The summed E-state index contributed by atoms with van der Waals surface area (Å²) in [5.74, 6) is 0. The third kappa shape index (κ3) is 3.08. The van der Waals surface area contributed by atoms with Gasteiger partial charge in [0.05, 0.1) is 16.4 Å². The molecule has 1 N–H and O–H groups in total. The van der Waals surface area contributed by atoms with E-state index >= 15 is 0 Å². The maximum atomic E-state index is 4.28. The number of hydrogen-bond acceptors (Lipinski definition) is 6. The molecular formula is C11H16N4S2. The Hall–Kier alpha value is -0.850. The van der Waals surface area contributed by atoms with Crippen molar-refractivity contribution in [3.05, 3.63) is 16.7 Å². The Morgan fingerprint density at radius 2 is 2.24 bits per heavy atom. The van der Waals surface area contributed by atoms with Crippen LogP contribution in [0.25, 0.3) is 9.88 Å². The quantitative estimate of drug-likeness (QED) is 0.874. The van der Waals surface area contributed by atoms with E-state index in [1.54, 1.807) is 22.7 Å². The van der Waals surface area contributed by atoms with Gasteiger partial charge in [-0.25, -0.2) is 0 Å². The van der Waals surface area contributed by atoms with E-state index < -0.39 is 0 Å². The van der Waals surface area contributed by atoms with Gasteiger partial charge in [0, 0.05) is 6.20 Å². The average Bonchev–Trinajstić information content (AvgIpc) is 3.00. The number of thiazole rings is 1. The van der Waals surface area contributed by atoms with Crippen LogP contribution in [0.2, 0.25) is 0 Å². The Balaban J connectivity index is 2.11. The second-order valence-corrected chi connectivity index (χ2v) is 5.62. The zero-order valence-corrected chi connectivity index (χ0v) is 11.6. The summed E-state index contributed by atoms with van der Waals surface area (Å²) in [6.45, 7) is 5.36. The van der Waals surface area contributed by atoms with Gasteiger partial charge in [-0.15, -0.1) is 21.5 Å². The Morgan fingerprint density at radius 3 is 2.88 bits per heavy atom. The molecule has 0 saturated carbocycles. The highest BCUT2D eigenvalue weighted by Gasteiger charge is 2.15. The first-order valence-corrected chi connectivity index (χ1v) is 7.50. The van der Waals surface area contributed by atoms with Crippen molar-refractivity contribution >= 4 is 22.7 Å². The molecule has 0 aromatic carbocycles. The zero-order valence-electron chi connectivity index (χ0n) is 10.0. The Kier molecular flexibility index (Phi) is 4.58. The minimum absolute atomic E-state index is 0.328. The summed E-state index contributed by atoms with van der Waals surface area (Å²) in [7, 11) is 0. The molecular weight excluding hydrogens is 252 g/mol. The molecule has 0 fully saturated rings. The van der Waals surface area contributed by atoms with Gasteiger partial charge < -0.3 is 5.32 Å². The molecule has 17 heavy (non-hydrogen) atoms. The van der Waals surface area contributed by atoms with Crippen LogP contribution in [0.1, 0.15) is 37.7 Å². The maximum absolute atomic E-state index is 4.28. The van der Waals surface area contributed by atoms with Crippen LogP contribution >= 0.6 is 22.7 Å². The van der Waals surface area contributed by atoms with Crippen LogP contribution in [-0.4, -0.2) is 21.7 Å². The molecule has 2 aromatic rings. The van der Waals surface area contributed by atoms with Crippen molar-refractivity contribution in [1.82, 2.24) is 20.5 Å². The third-order valence-electron chi connectivity index (χ3n) is 2.43. The van der Waals surface area contributed by atoms with E-state index in [9.17, 15) is 0 Å². The fourth-order valence-electron chi connectivity index (χ4n) is 1.52. The SMILES string of the molecule is CCCNC(CC)c1nnc(-c2cncs2)s1. The second-order valence-electron chi connectivity index (χ2n) is 3.73. The second kappa shape index (κ2) is 6.18. The summed E-state index contributed by atoms with van der Waals surface area (Å²) < 4.78 is 0. The summed E-state index contributed by atoms with van der Waals surface area (Å²) in [6, 6.07) is 0.328. The first kappa shape index (κ1) is 12.6. The molecule has 2 aromatic heterocycles. The van der Waals surface area contributed by atoms with Crippen LogP contribution in [0.15, 0.2) is 11.7 Å². The van der Waals surface area contributed by atoms with E-state index in [0.717, 1.165) is 34.3 Å². The van der Waals surface area contributed by atoms with Gasteiger partial charge in [0.2, 0.25) is 0 Å². The summed E-state index contributed by atoms with van der Waals surface area (Å²) in [4.78, 5) is 5.16. The molecule has 6 heteroatoms. The number of hydrogen-bond donors (Lipinski definition) is 1. The summed E-state index contributed by atoms with van der Waals surface area (Å²) in [5.41, 5.74) is 1.82. The number of rotatable bonds is 6. The van der Waals surface area contributed by atoms with Gasteiger partial charge >= 0.3 is 0 Å². The standard InChI is InChI=1S/C11H16N4S2/c1-3-5-13-8(4-2)10-14-15-11(17-10)9-6-12-7-16-9/h6-8,13H,3-5H2,1-2H3. The van der Waals surface area contributed by atoms with Gasteiger partial charge in [0.1, 0.15) is 5.01 Å². The number of nitrogens with zero attached hydrogens (tertiary/aromatic N) is 3. The van der Waals surface area contributed by atoms with Crippen molar-refractivity contribution in [2.45, 2.75) is 32.7 Å². The molecule has 0 aliphatic rings. The highest BCUT2D eigenvalue weighted by atomic mass is 32.1. The first-order chi connectivity index (χ1) is 8.35. The molecule has 0 aliphatic carbocycles. The van der Waals surface area contributed by atoms with Gasteiger partial charge in [-0.2, -0.15) is 0 Å². The molecule has 0 saturated heterocycles. The van der Waals surface area contributed by atoms with E-state index in [1.165, 1.54) is 0 Å². The molecule has 1 atom stereocenters. The normalized spacial score (nSPS) is 12.8. The molecule has 2 rings (SSSR count). The molecule has 2 heterocycles. The van der Waals surface area contributed by atoms with Crippen molar-refractivity contribution in [1.29, 1.82) is 0 Å². The average molecular weight is 268 g/mol. The molecule has 1 unspecified atom stereocenters. The Labute approximate surface area is 109 Å². The van der Waals surface area contributed by atoms with Crippen LogP contribution in [0, 0.1) is 0 Å². The number of aromatic nitrogens is 3. The number of nitrogens with one attached hydrogen (secondary N) is 1. The van der Waals surface area contributed by atoms with Crippen molar-refractivity contribution < 1.29 is 0 Å². The smallest absolute Gasteiger partial charge is 0.159 e. The molecule has 0 bridgehead atoms. The van der Waals surface area contributed by atoms with Crippen LogP contribution in [0.4, 0.5) is 0 Å². The van der Waals surface area contributed by atoms with E-state index in [0.29, 0.717) is 6.04 Å². The Bertz CT molecular complexity index is 438. The molecule has 0 aliphatic heterocycles. The largest absolute Gasteiger partial charge is 0.308 e. The van der Waals surface area contributed by atoms with Gasteiger partial charge in [-0.1, -0.05) is 25.2 Å². The lowest BCUT2D eigenvalue weighted by molar-refractivity contribution is 0.513. The molecule has 0 amide bonds. The lowest BCUT2D eigenvalue weighted by Gasteiger charge is -2.12. The summed E-state index contributed by atoms with van der Waals surface area (Å²) >= 11 is 3.26. The molecule has 4 nitrogen and oxygen atoms in total. The minimum Gasteiger partial charge on any atom is -0.308 e. The van der Waals surface area contributed by atoms with E-state index in [4.69, 9.17) is 0 Å². The predicted molar refractivity (Wildman–Crippen MR) is 72.3 cm³/mol. The summed E-state index contributed by atoms with van der Waals surface area (Å²) in [5, 5.41) is 14.1. The van der Waals surface area contributed by atoms with Crippen LogP contribution in [0.3, 0.4) is 0 Å². The predicted octanol–water partition coefficient (Wildman–Crippen LogP) is 3.11. The lowest BCUT2D eigenvalue weighted by Crippen LogP contribution is -2.21. The first-order valence-electron chi connectivity index (χ1n) is 5.80. The molecule has 0 spiro atoms. The van der Waals surface area contributed by atoms with Crippen LogP contribution < -0.4 is 5.32 Å². The molecule has 92 valence electrons. The fourth-order valence-corrected chi connectivity index (χ4v) is 3.20. The minimum atomic E-state index is 0.328. The highest BCUT2D eigenvalue weighted by Crippen LogP contribution is 2.29. The maximum Gasteiger partial charge on any atom is 0.159 e. The van der Waals surface area contributed by atoms with Gasteiger partial charge in [-0.05, 0) is 19.4 Å². The lowest BCUT2D eigenvalue weighted by atomic mass is 10.2. The zero-order chi connectivity index (χ0) is 12.1. The van der Waals surface area contributed by atoms with Crippen molar-refractivity contribution in [2.75, 3.05) is 6.54 Å². The summed E-state index contributed by atoms with van der Waals surface area (Å²) in [6.07, 6.45) is 4.02. The van der Waals surface area contributed by atoms with Gasteiger partial charge in [0.15, 0.2) is 5.01 Å². The van der Waals surface area contributed by atoms with E-state index in [2.05, 4.69) is 34.3 Å². The molecule has 0 radical (unpaired) electrons. The van der Waals surface area contributed by atoms with Crippen molar-refractivity contribution in [2.24, 2.45) is 0 Å². The van der Waals surface area contributed by atoms with E-state index in [1.807, 2.05) is 11.7 Å². The highest BCUT2D eigenvalue weighted by molar-refractivity contribution is 7.20. The monoisotopic (exact) mass is 268 g/mol. The topological polar surface area (TPSA) is 50.7 Å². The van der Waals surface area contributed by atoms with Crippen LogP contribution in [-0.2, 0) is 0 Å². The van der Waals surface area contributed by atoms with Crippen molar-refractivity contribution in [3.63, 3.8) is 0 Å².